The van der Waals surface area contributed by atoms with Crippen LogP contribution in [0.4, 0.5) is 0 Å². The molecule has 1 atom stereocenters. The Kier molecular flexibility index (Phi) is 3.65. The van der Waals surface area contributed by atoms with Crippen molar-refractivity contribution in [1.82, 2.24) is 4.98 Å². The van der Waals surface area contributed by atoms with Crippen LogP contribution in [0.5, 0.6) is 0 Å². The zero-order valence-electron chi connectivity index (χ0n) is 7.28. The Labute approximate surface area is 76.0 Å². The van der Waals surface area contributed by atoms with E-state index in [9.17, 15) is 5.11 Å². The first-order valence-corrected chi connectivity index (χ1v) is 4.79. The molecular weight excluding hydrogens is 174 g/mol. The van der Waals surface area contributed by atoms with E-state index in [0.29, 0.717) is 18.9 Å². The average Bonchev–Trinajstić information content (AvgIpc) is 2.47. The summed E-state index contributed by atoms with van der Waals surface area (Å²) in [5.41, 5.74) is 0.714. The van der Waals surface area contributed by atoms with Gasteiger partial charge in [-0.2, -0.15) is 0 Å². The lowest BCUT2D eigenvalue weighted by Crippen LogP contribution is -2.07. The van der Waals surface area contributed by atoms with Gasteiger partial charge in [-0.25, -0.2) is 4.98 Å². The topological polar surface area (TPSA) is 42.4 Å². The Morgan fingerprint density at radius 2 is 2.50 bits per heavy atom. The summed E-state index contributed by atoms with van der Waals surface area (Å²) in [4.78, 5) is 4.15. The molecule has 1 aromatic heterocycles. The molecule has 0 fully saturated rings. The predicted octanol–water partition coefficient (Wildman–Crippen LogP) is 1.52. The van der Waals surface area contributed by atoms with Gasteiger partial charge in [0.2, 0.25) is 0 Å². The monoisotopic (exact) mass is 187 g/mol. The van der Waals surface area contributed by atoms with Crippen LogP contribution < -0.4 is 0 Å². The second-order valence-electron chi connectivity index (χ2n) is 2.47. The van der Waals surface area contributed by atoms with Crippen molar-refractivity contribution in [2.24, 2.45) is 0 Å². The van der Waals surface area contributed by atoms with Crippen LogP contribution in [-0.2, 0) is 4.74 Å². The highest BCUT2D eigenvalue weighted by molar-refractivity contribution is 7.09. The highest BCUT2D eigenvalue weighted by Gasteiger charge is 2.09. The minimum absolute atomic E-state index is 0.333. The number of nitrogens with zero attached hydrogens (tertiary/aromatic N) is 1. The summed E-state index contributed by atoms with van der Waals surface area (Å²) >= 11 is 1.54. The number of hydrogen-bond donors (Lipinski definition) is 1. The summed E-state index contributed by atoms with van der Waals surface area (Å²) in [6, 6.07) is 0. The van der Waals surface area contributed by atoms with Crippen molar-refractivity contribution >= 4 is 11.3 Å². The molecule has 0 radical (unpaired) electrons. The Morgan fingerprint density at radius 1 is 1.75 bits per heavy atom. The second kappa shape index (κ2) is 4.54. The Bertz CT molecular complexity index is 237. The average molecular weight is 187 g/mol. The van der Waals surface area contributed by atoms with Crippen molar-refractivity contribution in [3.63, 3.8) is 0 Å². The zero-order valence-corrected chi connectivity index (χ0v) is 8.10. The van der Waals surface area contributed by atoms with Crippen LogP contribution in [0, 0.1) is 6.92 Å². The molecule has 4 heteroatoms. The zero-order chi connectivity index (χ0) is 8.97. The van der Waals surface area contributed by atoms with Gasteiger partial charge in [0.15, 0.2) is 0 Å². The molecule has 1 aromatic rings. The van der Waals surface area contributed by atoms with Crippen molar-refractivity contribution < 1.29 is 9.84 Å². The Balaban J connectivity index is 2.47. The van der Waals surface area contributed by atoms with Crippen molar-refractivity contribution in [1.29, 1.82) is 0 Å². The molecule has 0 saturated carbocycles. The fourth-order valence-corrected chi connectivity index (χ4v) is 1.51. The van der Waals surface area contributed by atoms with E-state index in [-0.39, 0.29) is 0 Å². The van der Waals surface area contributed by atoms with Gasteiger partial charge in [-0.1, -0.05) is 0 Å². The summed E-state index contributed by atoms with van der Waals surface area (Å²) < 4.78 is 5.07. The number of thiazole rings is 1. The Hall–Kier alpha value is -0.450. The van der Waals surface area contributed by atoms with Gasteiger partial charge in [0.1, 0.15) is 6.10 Å². The molecule has 0 aliphatic carbocycles. The molecule has 68 valence electrons. The van der Waals surface area contributed by atoms with Gasteiger partial charge in [-0.15, -0.1) is 11.3 Å². The van der Waals surface area contributed by atoms with Crippen LogP contribution in [0.15, 0.2) is 5.38 Å². The molecule has 3 nitrogen and oxygen atoms in total. The quantitative estimate of drug-likeness (QED) is 0.777. The summed E-state index contributed by atoms with van der Waals surface area (Å²) in [6.07, 6.45) is -0.574. The van der Waals surface area contributed by atoms with Crippen molar-refractivity contribution in [2.45, 2.75) is 20.0 Å². The Morgan fingerprint density at radius 3 is 3.00 bits per heavy atom. The lowest BCUT2D eigenvalue weighted by molar-refractivity contribution is 0.0400. The van der Waals surface area contributed by atoms with Crippen molar-refractivity contribution in [2.75, 3.05) is 13.2 Å². The van der Waals surface area contributed by atoms with Gasteiger partial charge in [-0.05, 0) is 13.8 Å². The molecule has 0 bridgehead atoms. The third-order valence-corrected chi connectivity index (χ3v) is 2.25. The van der Waals surface area contributed by atoms with E-state index in [1.54, 1.807) is 0 Å². The maximum atomic E-state index is 9.48. The number of ether oxygens (including phenoxy) is 1. The van der Waals surface area contributed by atoms with E-state index in [0.717, 1.165) is 5.01 Å². The highest BCUT2D eigenvalue weighted by Crippen LogP contribution is 2.15. The molecule has 0 amide bonds. The van der Waals surface area contributed by atoms with Gasteiger partial charge in [0.05, 0.1) is 17.3 Å². The van der Waals surface area contributed by atoms with E-state index in [1.165, 1.54) is 11.3 Å². The van der Waals surface area contributed by atoms with Gasteiger partial charge < -0.3 is 9.84 Å². The van der Waals surface area contributed by atoms with Crippen LogP contribution in [0.1, 0.15) is 23.7 Å². The van der Waals surface area contributed by atoms with Gasteiger partial charge >= 0.3 is 0 Å². The third-order valence-electron chi connectivity index (χ3n) is 1.46. The summed E-state index contributed by atoms with van der Waals surface area (Å²) in [7, 11) is 0. The number of aliphatic hydroxyl groups excluding tert-OH is 1. The molecule has 1 N–H and O–H groups in total. The van der Waals surface area contributed by atoms with Crippen LogP contribution in [-0.4, -0.2) is 23.3 Å². The van der Waals surface area contributed by atoms with E-state index >= 15 is 0 Å². The van der Waals surface area contributed by atoms with Crippen LogP contribution in [0.2, 0.25) is 0 Å². The SMILES string of the molecule is CCOCC(O)c1csc(C)n1. The number of aryl methyl sites for hydroxylation is 1. The molecule has 1 rings (SSSR count). The largest absolute Gasteiger partial charge is 0.384 e. The first kappa shape index (κ1) is 9.64. The molecule has 0 spiro atoms. The van der Waals surface area contributed by atoms with E-state index in [2.05, 4.69) is 4.98 Å². The normalized spacial score (nSPS) is 13.2. The lowest BCUT2D eigenvalue weighted by atomic mass is 10.3. The minimum atomic E-state index is -0.574. The van der Waals surface area contributed by atoms with Gasteiger partial charge in [-0.3, -0.25) is 0 Å². The van der Waals surface area contributed by atoms with Crippen molar-refractivity contribution in [3.05, 3.63) is 16.1 Å². The third kappa shape index (κ3) is 2.55. The number of aromatic nitrogens is 1. The highest BCUT2D eigenvalue weighted by atomic mass is 32.1. The molecule has 0 saturated heterocycles. The molecular formula is C8H13NO2S. The van der Waals surface area contributed by atoms with Gasteiger partial charge in [0, 0.05) is 12.0 Å². The van der Waals surface area contributed by atoms with Crippen LogP contribution in [0.3, 0.4) is 0 Å². The van der Waals surface area contributed by atoms with Crippen LogP contribution in [0.25, 0.3) is 0 Å². The van der Waals surface area contributed by atoms with Gasteiger partial charge in [0.25, 0.3) is 0 Å². The van der Waals surface area contributed by atoms with Crippen molar-refractivity contribution in [3.8, 4) is 0 Å². The molecule has 1 heterocycles. The first-order chi connectivity index (χ1) is 5.74. The molecule has 0 aliphatic heterocycles. The fraction of sp³-hybridized carbons (Fsp3) is 0.625. The first-order valence-electron chi connectivity index (χ1n) is 3.92. The summed E-state index contributed by atoms with van der Waals surface area (Å²) in [5.74, 6) is 0. The fourth-order valence-electron chi connectivity index (χ4n) is 0.848. The molecule has 1 unspecified atom stereocenters. The minimum Gasteiger partial charge on any atom is -0.384 e. The molecule has 0 aliphatic rings. The van der Waals surface area contributed by atoms with E-state index in [1.807, 2.05) is 19.2 Å². The number of rotatable bonds is 4. The van der Waals surface area contributed by atoms with E-state index in [4.69, 9.17) is 4.74 Å². The molecule has 0 aromatic carbocycles. The lowest BCUT2D eigenvalue weighted by Gasteiger charge is -2.06. The summed E-state index contributed by atoms with van der Waals surface area (Å²) in [5, 5.41) is 12.3. The predicted molar refractivity (Wildman–Crippen MR) is 48.3 cm³/mol. The standard InChI is InChI=1S/C8H13NO2S/c1-3-11-4-8(10)7-5-12-6(2)9-7/h5,8,10H,3-4H2,1-2H3. The second-order valence-corrected chi connectivity index (χ2v) is 3.53. The maximum Gasteiger partial charge on any atom is 0.120 e. The number of aliphatic hydroxyl groups is 1. The van der Waals surface area contributed by atoms with E-state index < -0.39 is 6.10 Å². The molecule has 12 heavy (non-hydrogen) atoms. The number of hydrogen-bond acceptors (Lipinski definition) is 4. The smallest absolute Gasteiger partial charge is 0.120 e. The summed E-state index contributed by atoms with van der Waals surface area (Å²) in [6.45, 7) is 4.78. The maximum absolute atomic E-state index is 9.48. The van der Waals surface area contributed by atoms with Crippen LogP contribution >= 0.6 is 11.3 Å².